The highest BCUT2D eigenvalue weighted by Gasteiger charge is 2.52. The molecule has 1 aromatic carbocycles. The minimum Gasteiger partial charge on any atom is -0.270 e. The number of aliphatic imine (C=N–C) groups is 1. The number of fused-ring (bicyclic) bond motifs is 3. The van der Waals surface area contributed by atoms with E-state index in [0.29, 0.717) is 18.3 Å². The number of rotatable bonds is 2. The van der Waals surface area contributed by atoms with Crippen molar-refractivity contribution in [3.05, 3.63) is 47.3 Å². The Balaban J connectivity index is 1.81. The smallest absolute Gasteiger partial charge is 0.270 e. The first kappa shape index (κ1) is 15.6. The van der Waals surface area contributed by atoms with E-state index in [1.165, 1.54) is 23.1 Å². The lowest BCUT2D eigenvalue weighted by Crippen LogP contribution is -2.61. The molecule has 4 rings (SSSR count). The summed E-state index contributed by atoms with van der Waals surface area (Å²) in [6, 6.07) is 7.29. The zero-order valence-electron chi connectivity index (χ0n) is 14.7. The third kappa shape index (κ3) is 2.12. The van der Waals surface area contributed by atoms with Gasteiger partial charge < -0.3 is 0 Å². The summed E-state index contributed by atoms with van der Waals surface area (Å²) in [5, 5.41) is 0. The highest BCUT2D eigenvalue weighted by Crippen LogP contribution is 2.29. The maximum atomic E-state index is 12.6. The van der Waals surface area contributed by atoms with E-state index in [2.05, 4.69) is 28.6 Å². The predicted molar refractivity (Wildman–Crippen MR) is 91.7 cm³/mol. The number of urea groups is 1. The van der Waals surface area contributed by atoms with Gasteiger partial charge in [0.2, 0.25) is 11.9 Å². The van der Waals surface area contributed by atoms with Gasteiger partial charge in [0.1, 0.15) is 11.9 Å². The van der Waals surface area contributed by atoms with Crippen LogP contribution in [0.25, 0.3) is 0 Å². The molecule has 25 heavy (non-hydrogen) atoms. The lowest BCUT2D eigenvalue weighted by Gasteiger charge is -2.30. The quantitative estimate of drug-likeness (QED) is 0.780. The molecule has 2 aromatic rings. The number of amidine groups is 1. The van der Waals surface area contributed by atoms with E-state index in [4.69, 9.17) is 0 Å². The molecule has 0 radical (unpaired) electrons. The summed E-state index contributed by atoms with van der Waals surface area (Å²) in [4.78, 5) is 32.0. The third-order valence-electron chi connectivity index (χ3n) is 5.03. The number of imide groups is 1. The minimum absolute atomic E-state index is 0.251. The van der Waals surface area contributed by atoms with E-state index in [1.54, 1.807) is 7.05 Å². The molecule has 0 bridgehead atoms. The number of nitrogens with zero attached hydrogens (tertiary/aromatic N) is 5. The summed E-state index contributed by atoms with van der Waals surface area (Å²) >= 11 is 0. The summed E-state index contributed by atoms with van der Waals surface area (Å²) in [6.45, 7) is 4.76. The highest BCUT2D eigenvalue weighted by molar-refractivity contribution is 6.18. The first-order chi connectivity index (χ1) is 11.9. The number of aryl methyl sites for hydroxylation is 2. The fourth-order valence-corrected chi connectivity index (χ4v) is 3.46. The Hall–Kier alpha value is -2.96. The number of amides is 3. The second-order valence-electron chi connectivity index (χ2n) is 6.60. The molecule has 1 aromatic heterocycles. The number of carbonyl (C=O) groups excluding carboxylic acids is 2. The summed E-state index contributed by atoms with van der Waals surface area (Å²) in [5.41, 5.74) is 3.43. The largest absolute Gasteiger partial charge is 0.402 e. The lowest BCUT2D eigenvalue weighted by atomic mass is 10.1. The molecular formula is C18H20N5O2+. The van der Waals surface area contributed by atoms with Crippen molar-refractivity contribution >= 4 is 23.7 Å². The van der Waals surface area contributed by atoms with Crippen LogP contribution in [0.3, 0.4) is 0 Å². The van der Waals surface area contributed by atoms with Crippen molar-refractivity contribution in [2.45, 2.75) is 26.4 Å². The topological polar surface area (TPSA) is 61.8 Å². The van der Waals surface area contributed by atoms with Crippen LogP contribution in [0.5, 0.6) is 0 Å². The van der Waals surface area contributed by atoms with E-state index < -0.39 is 6.04 Å². The Morgan fingerprint density at radius 3 is 2.56 bits per heavy atom. The molecule has 1 atom stereocenters. The standard InChI is InChI=1S/C18H20N5O2/c1-11-7-5-6-8-13(11)10-22-12(2)9-23-14-15(19-17(22)23)20(3)18(25)21(4)16(14)24/h5-9,14H,10H2,1-4H3/q+1. The molecule has 3 amide bonds. The SMILES string of the molecule is Cc1ccccc1Cn1c(C)c[n+]2c1N=C1C2C(=O)N(C)C(=O)N1C. The van der Waals surface area contributed by atoms with Crippen LogP contribution in [0.15, 0.2) is 35.5 Å². The Kier molecular flexibility index (Phi) is 3.28. The lowest BCUT2D eigenvalue weighted by molar-refractivity contribution is -0.677. The van der Waals surface area contributed by atoms with Crippen molar-refractivity contribution in [1.82, 2.24) is 14.4 Å². The van der Waals surface area contributed by atoms with Gasteiger partial charge in [0.05, 0.1) is 6.54 Å². The fourth-order valence-electron chi connectivity index (χ4n) is 3.46. The Morgan fingerprint density at radius 1 is 1.12 bits per heavy atom. The van der Waals surface area contributed by atoms with Crippen LogP contribution in [-0.2, 0) is 11.3 Å². The van der Waals surface area contributed by atoms with Crippen LogP contribution in [0.2, 0.25) is 0 Å². The molecule has 7 heteroatoms. The van der Waals surface area contributed by atoms with Crippen molar-refractivity contribution in [3.63, 3.8) is 0 Å². The molecule has 7 nitrogen and oxygen atoms in total. The normalized spacial score (nSPS) is 19.2. The summed E-state index contributed by atoms with van der Waals surface area (Å²) in [6.07, 6.45) is 1.93. The molecule has 0 N–H and O–H groups in total. The Morgan fingerprint density at radius 2 is 1.84 bits per heavy atom. The van der Waals surface area contributed by atoms with E-state index in [1.807, 2.05) is 29.8 Å². The molecule has 2 aliphatic heterocycles. The number of imidazole rings is 1. The van der Waals surface area contributed by atoms with Gasteiger partial charge in [-0.2, -0.15) is 0 Å². The first-order valence-electron chi connectivity index (χ1n) is 8.19. The number of carbonyl (C=O) groups is 2. The molecule has 2 aliphatic rings. The number of likely N-dealkylation sites (N-methyl/N-ethyl adjacent to an activating group) is 2. The second-order valence-corrected chi connectivity index (χ2v) is 6.60. The summed E-state index contributed by atoms with van der Waals surface area (Å²) < 4.78 is 3.95. The van der Waals surface area contributed by atoms with E-state index >= 15 is 0 Å². The third-order valence-corrected chi connectivity index (χ3v) is 5.03. The van der Waals surface area contributed by atoms with Crippen molar-refractivity contribution in [2.75, 3.05) is 14.1 Å². The van der Waals surface area contributed by atoms with Gasteiger partial charge in [-0.1, -0.05) is 29.3 Å². The second kappa shape index (κ2) is 5.27. The first-order valence-corrected chi connectivity index (χ1v) is 8.19. The molecule has 1 unspecified atom stereocenters. The Bertz CT molecular complexity index is 943. The number of hydrogen-bond acceptors (Lipinski definition) is 3. The summed E-state index contributed by atoms with van der Waals surface area (Å²) in [7, 11) is 3.16. The van der Waals surface area contributed by atoms with Crippen molar-refractivity contribution in [3.8, 4) is 0 Å². The molecule has 128 valence electrons. The van der Waals surface area contributed by atoms with Crippen LogP contribution in [0, 0.1) is 13.8 Å². The number of benzene rings is 1. The Labute approximate surface area is 145 Å². The molecule has 0 spiro atoms. The molecule has 3 heterocycles. The van der Waals surface area contributed by atoms with Crippen LogP contribution in [0.1, 0.15) is 22.9 Å². The van der Waals surface area contributed by atoms with Gasteiger partial charge in [-0.05, 0) is 25.0 Å². The zero-order chi connectivity index (χ0) is 17.9. The van der Waals surface area contributed by atoms with Gasteiger partial charge in [-0.15, -0.1) is 0 Å². The average Bonchev–Trinajstić information content (AvgIpc) is 3.09. The maximum Gasteiger partial charge on any atom is 0.402 e. The van der Waals surface area contributed by atoms with E-state index in [0.717, 1.165) is 10.6 Å². The molecule has 1 fully saturated rings. The van der Waals surface area contributed by atoms with Gasteiger partial charge >= 0.3 is 12.0 Å². The molecular weight excluding hydrogens is 318 g/mol. The fraction of sp³-hybridized carbons (Fsp3) is 0.333. The van der Waals surface area contributed by atoms with Crippen LogP contribution < -0.4 is 4.57 Å². The van der Waals surface area contributed by atoms with Gasteiger partial charge in [0, 0.05) is 14.1 Å². The zero-order valence-corrected chi connectivity index (χ0v) is 14.7. The molecule has 1 saturated heterocycles. The highest BCUT2D eigenvalue weighted by atomic mass is 16.2. The van der Waals surface area contributed by atoms with E-state index in [-0.39, 0.29) is 11.9 Å². The predicted octanol–water partition coefficient (Wildman–Crippen LogP) is 1.55. The molecule has 0 saturated carbocycles. The van der Waals surface area contributed by atoms with Gasteiger partial charge in [0.15, 0.2) is 0 Å². The van der Waals surface area contributed by atoms with Crippen LogP contribution >= 0.6 is 0 Å². The number of hydrogen-bond donors (Lipinski definition) is 0. The van der Waals surface area contributed by atoms with Gasteiger partial charge in [-0.25, -0.2) is 13.9 Å². The summed E-state index contributed by atoms with van der Waals surface area (Å²) in [5.74, 6) is 0.935. The minimum atomic E-state index is -0.570. The molecule has 0 aliphatic carbocycles. The van der Waals surface area contributed by atoms with Crippen molar-refractivity contribution in [2.24, 2.45) is 4.99 Å². The van der Waals surface area contributed by atoms with E-state index in [9.17, 15) is 9.59 Å². The maximum absolute atomic E-state index is 12.6. The van der Waals surface area contributed by atoms with Crippen molar-refractivity contribution in [1.29, 1.82) is 0 Å². The van der Waals surface area contributed by atoms with Crippen LogP contribution in [0.4, 0.5) is 10.7 Å². The van der Waals surface area contributed by atoms with Crippen LogP contribution in [-0.4, -0.2) is 46.2 Å². The average molecular weight is 338 g/mol. The monoisotopic (exact) mass is 338 g/mol. The number of aromatic nitrogens is 2. The van der Waals surface area contributed by atoms with Gasteiger partial charge in [0.25, 0.3) is 5.91 Å². The van der Waals surface area contributed by atoms with Crippen molar-refractivity contribution < 1.29 is 14.2 Å². The van der Waals surface area contributed by atoms with Gasteiger partial charge in [-0.3, -0.25) is 14.6 Å².